The normalized spacial score (nSPS) is 10.8. The molecule has 0 atom stereocenters. The zero-order valence-electron chi connectivity index (χ0n) is 11.3. The Morgan fingerprint density at radius 1 is 1.30 bits per heavy atom. The number of hydrogen-bond acceptors (Lipinski definition) is 3. The van der Waals surface area contributed by atoms with Crippen molar-refractivity contribution in [2.24, 2.45) is 0 Å². The molecular weight excluding hydrogens is 250 g/mol. The average Bonchev–Trinajstić information content (AvgIpc) is 2.91. The standard InChI is InChI=1S/C16H15N3O/c1-2-4-12-5-3-6-13(9-12)16(20)14-10-18-19-8-7-17-11-15(14)19/h3,5-11H,2,4H2,1H3. The van der Waals surface area contributed by atoms with E-state index in [4.69, 9.17) is 0 Å². The second-order valence-electron chi connectivity index (χ2n) is 4.74. The Kier molecular flexibility index (Phi) is 3.29. The van der Waals surface area contributed by atoms with Crippen molar-refractivity contribution in [3.8, 4) is 0 Å². The van der Waals surface area contributed by atoms with E-state index in [1.807, 2.05) is 18.2 Å². The third kappa shape index (κ3) is 2.20. The molecular formula is C16H15N3O. The van der Waals surface area contributed by atoms with E-state index < -0.39 is 0 Å². The van der Waals surface area contributed by atoms with Crippen molar-refractivity contribution in [2.75, 3.05) is 0 Å². The smallest absolute Gasteiger partial charge is 0.196 e. The number of fused-ring (bicyclic) bond motifs is 1. The number of nitrogens with zero attached hydrogens (tertiary/aromatic N) is 3. The third-order valence-corrected chi connectivity index (χ3v) is 3.30. The molecule has 0 fully saturated rings. The van der Waals surface area contributed by atoms with Crippen LogP contribution in [0.3, 0.4) is 0 Å². The van der Waals surface area contributed by atoms with Crippen LogP contribution in [0.2, 0.25) is 0 Å². The summed E-state index contributed by atoms with van der Waals surface area (Å²) >= 11 is 0. The predicted molar refractivity (Wildman–Crippen MR) is 76.9 cm³/mol. The molecule has 3 rings (SSSR count). The van der Waals surface area contributed by atoms with Gasteiger partial charge < -0.3 is 0 Å². The molecule has 0 aliphatic carbocycles. The molecule has 4 nitrogen and oxygen atoms in total. The van der Waals surface area contributed by atoms with Crippen LogP contribution in [0.1, 0.15) is 34.8 Å². The van der Waals surface area contributed by atoms with E-state index in [1.54, 1.807) is 29.3 Å². The van der Waals surface area contributed by atoms with Crippen LogP contribution in [0.4, 0.5) is 0 Å². The summed E-state index contributed by atoms with van der Waals surface area (Å²) in [7, 11) is 0. The van der Waals surface area contributed by atoms with Gasteiger partial charge in [-0.3, -0.25) is 9.78 Å². The fourth-order valence-corrected chi connectivity index (χ4v) is 2.32. The van der Waals surface area contributed by atoms with Gasteiger partial charge in [-0.25, -0.2) is 4.52 Å². The first-order valence-corrected chi connectivity index (χ1v) is 6.70. The first-order valence-electron chi connectivity index (χ1n) is 6.70. The van der Waals surface area contributed by atoms with Gasteiger partial charge in [-0.15, -0.1) is 0 Å². The highest BCUT2D eigenvalue weighted by Crippen LogP contribution is 2.16. The lowest BCUT2D eigenvalue weighted by atomic mass is 10.0. The zero-order valence-corrected chi connectivity index (χ0v) is 11.3. The molecule has 2 aromatic heterocycles. The maximum absolute atomic E-state index is 12.6. The van der Waals surface area contributed by atoms with E-state index in [0.29, 0.717) is 11.1 Å². The summed E-state index contributed by atoms with van der Waals surface area (Å²) in [6.45, 7) is 2.13. The van der Waals surface area contributed by atoms with Gasteiger partial charge in [-0.2, -0.15) is 5.10 Å². The van der Waals surface area contributed by atoms with E-state index >= 15 is 0 Å². The lowest BCUT2D eigenvalue weighted by molar-refractivity contribution is 0.104. The second kappa shape index (κ2) is 5.25. The minimum absolute atomic E-state index is 0.00838. The molecule has 1 aromatic carbocycles. The number of hydrogen-bond donors (Lipinski definition) is 0. The molecule has 0 spiro atoms. The minimum atomic E-state index is -0.00838. The van der Waals surface area contributed by atoms with Gasteiger partial charge in [0.05, 0.1) is 23.5 Å². The quantitative estimate of drug-likeness (QED) is 0.681. The number of carbonyl (C=O) groups excluding carboxylic acids is 1. The van der Waals surface area contributed by atoms with Crippen molar-refractivity contribution in [1.82, 2.24) is 14.6 Å². The number of carbonyl (C=O) groups is 1. The van der Waals surface area contributed by atoms with Crippen molar-refractivity contribution in [3.05, 3.63) is 65.7 Å². The number of aromatic nitrogens is 3. The van der Waals surface area contributed by atoms with Gasteiger partial charge in [0.25, 0.3) is 0 Å². The minimum Gasteiger partial charge on any atom is -0.288 e. The molecule has 0 saturated carbocycles. The summed E-state index contributed by atoms with van der Waals surface area (Å²) in [6, 6.07) is 7.80. The van der Waals surface area contributed by atoms with Crippen LogP contribution in [0.5, 0.6) is 0 Å². The molecule has 0 saturated heterocycles. The molecule has 0 aliphatic heterocycles. The van der Waals surface area contributed by atoms with Crippen molar-refractivity contribution < 1.29 is 4.79 Å². The Labute approximate surface area is 117 Å². The molecule has 0 N–H and O–H groups in total. The Morgan fingerprint density at radius 3 is 3.05 bits per heavy atom. The van der Waals surface area contributed by atoms with E-state index in [9.17, 15) is 4.79 Å². The summed E-state index contributed by atoms with van der Waals surface area (Å²) in [5, 5.41) is 4.18. The number of benzene rings is 1. The van der Waals surface area contributed by atoms with Gasteiger partial charge in [0.15, 0.2) is 5.78 Å². The van der Waals surface area contributed by atoms with E-state index in [2.05, 4.69) is 23.1 Å². The summed E-state index contributed by atoms with van der Waals surface area (Å²) in [5.74, 6) is -0.00838. The Hall–Kier alpha value is -2.49. The number of aryl methyl sites for hydroxylation is 1. The molecule has 4 heteroatoms. The number of rotatable bonds is 4. The van der Waals surface area contributed by atoms with Gasteiger partial charge in [0, 0.05) is 18.0 Å². The summed E-state index contributed by atoms with van der Waals surface area (Å²) < 4.78 is 1.66. The highest BCUT2D eigenvalue weighted by Gasteiger charge is 2.15. The second-order valence-corrected chi connectivity index (χ2v) is 4.74. The molecule has 0 aliphatic rings. The SMILES string of the molecule is CCCc1cccc(C(=O)c2cnn3ccncc23)c1. The van der Waals surface area contributed by atoms with Crippen LogP contribution in [-0.2, 0) is 6.42 Å². The van der Waals surface area contributed by atoms with Crippen LogP contribution in [0.15, 0.2) is 49.1 Å². The van der Waals surface area contributed by atoms with Gasteiger partial charge in [0.2, 0.25) is 0 Å². The van der Waals surface area contributed by atoms with E-state index in [0.717, 1.165) is 18.4 Å². The summed E-state index contributed by atoms with van der Waals surface area (Å²) in [4.78, 5) is 16.7. The fourth-order valence-electron chi connectivity index (χ4n) is 2.32. The number of ketones is 1. The molecule has 0 amide bonds. The average molecular weight is 265 g/mol. The van der Waals surface area contributed by atoms with Crippen molar-refractivity contribution in [3.63, 3.8) is 0 Å². The van der Waals surface area contributed by atoms with Crippen molar-refractivity contribution in [2.45, 2.75) is 19.8 Å². The summed E-state index contributed by atoms with van der Waals surface area (Å²) in [6.07, 6.45) is 8.70. The van der Waals surface area contributed by atoms with E-state index in [1.165, 1.54) is 5.56 Å². The van der Waals surface area contributed by atoms with Gasteiger partial charge in [-0.1, -0.05) is 31.5 Å². The first-order chi connectivity index (χ1) is 9.79. The lowest BCUT2D eigenvalue weighted by Crippen LogP contribution is -2.02. The molecule has 3 aromatic rings. The van der Waals surface area contributed by atoms with Gasteiger partial charge in [-0.05, 0) is 18.1 Å². The van der Waals surface area contributed by atoms with E-state index in [-0.39, 0.29) is 5.78 Å². The molecule has 20 heavy (non-hydrogen) atoms. The monoisotopic (exact) mass is 265 g/mol. The van der Waals surface area contributed by atoms with Crippen molar-refractivity contribution in [1.29, 1.82) is 0 Å². The van der Waals surface area contributed by atoms with Crippen LogP contribution >= 0.6 is 0 Å². The Bertz CT molecular complexity index is 761. The molecule has 100 valence electrons. The molecule has 2 heterocycles. The molecule has 0 unspecified atom stereocenters. The third-order valence-electron chi connectivity index (χ3n) is 3.30. The van der Waals surface area contributed by atoms with Gasteiger partial charge in [0.1, 0.15) is 0 Å². The molecule has 0 radical (unpaired) electrons. The van der Waals surface area contributed by atoms with Crippen LogP contribution in [0.25, 0.3) is 5.52 Å². The van der Waals surface area contributed by atoms with Crippen LogP contribution in [0, 0.1) is 0 Å². The maximum atomic E-state index is 12.6. The highest BCUT2D eigenvalue weighted by atomic mass is 16.1. The largest absolute Gasteiger partial charge is 0.288 e. The van der Waals surface area contributed by atoms with Gasteiger partial charge >= 0.3 is 0 Å². The summed E-state index contributed by atoms with van der Waals surface area (Å²) in [5.41, 5.74) is 3.22. The van der Waals surface area contributed by atoms with Crippen molar-refractivity contribution >= 4 is 11.3 Å². The maximum Gasteiger partial charge on any atom is 0.196 e. The highest BCUT2D eigenvalue weighted by molar-refractivity contribution is 6.12. The Balaban J connectivity index is 2.02. The topological polar surface area (TPSA) is 47.3 Å². The lowest BCUT2D eigenvalue weighted by Gasteiger charge is -2.03. The zero-order chi connectivity index (χ0) is 13.9. The first kappa shape index (κ1) is 12.5. The molecule has 0 bridgehead atoms. The van der Waals surface area contributed by atoms with Crippen LogP contribution < -0.4 is 0 Å². The Morgan fingerprint density at radius 2 is 2.20 bits per heavy atom. The predicted octanol–water partition coefficient (Wildman–Crippen LogP) is 2.91. The fraction of sp³-hybridized carbons (Fsp3) is 0.188. The van der Waals surface area contributed by atoms with Crippen LogP contribution in [-0.4, -0.2) is 20.4 Å².